The Balaban J connectivity index is 2.07. The summed E-state index contributed by atoms with van der Waals surface area (Å²) in [6, 6.07) is 4.19. The van der Waals surface area contributed by atoms with Crippen molar-refractivity contribution in [3.05, 3.63) is 28.8 Å². The van der Waals surface area contributed by atoms with Gasteiger partial charge in [-0.1, -0.05) is 13.8 Å². The molecule has 0 spiro atoms. The minimum Gasteiger partial charge on any atom is -0.360 e. The van der Waals surface area contributed by atoms with Crippen molar-refractivity contribution in [2.24, 2.45) is 5.92 Å². The van der Waals surface area contributed by atoms with Crippen LogP contribution in [0, 0.1) is 19.8 Å². The number of piperazine rings is 1. The van der Waals surface area contributed by atoms with E-state index in [9.17, 15) is 4.79 Å². The quantitative estimate of drug-likeness (QED) is 0.842. The van der Waals surface area contributed by atoms with Crippen LogP contribution in [0.15, 0.2) is 12.1 Å². The summed E-state index contributed by atoms with van der Waals surface area (Å²) in [7, 11) is 0. The number of hydrogen-bond acceptors (Lipinski definition) is 2. The maximum Gasteiger partial charge on any atom is 0.150 e. The lowest BCUT2D eigenvalue weighted by Gasteiger charge is -2.35. The van der Waals surface area contributed by atoms with Crippen molar-refractivity contribution in [2.45, 2.75) is 27.7 Å². The molecule has 2 rings (SSSR count). The van der Waals surface area contributed by atoms with Gasteiger partial charge in [-0.2, -0.15) is 0 Å². The van der Waals surface area contributed by atoms with Crippen LogP contribution in [0.1, 0.15) is 35.3 Å². The van der Waals surface area contributed by atoms with E-state index in [2.05, 4.69) is 31.7 Å². The van der Waals surface area contributed by atoms with Gasteiger partial charge in [-0.3, -0.25) is 4.79 Å². The zero-order chi connectivity index (χ0) is 14.7. The highest BCUT2D eigenvalue weighted by atomic mass is 16.1. The Hall–Kier alpha value is -1.35. The first-order valence-electron chi connectivity index (χ1n) is 7.66. The van der Waals surface area contributed by atoms with Gasteiger partial charge in [-0.05, 0) is 37.1 Å². The first-order chi connectivity index (χ1) is 9.51. The second-order valence-electron chi connectivity index (χ2n) is 6.45. The van der Waals surface area contributed by atoms with E-state index in [4.69, 9.17) is 0 Å². The van der Waals surface area contributed by atoms with E-state index >= 15 is 0 Å². The molecule has 0 aromatic heterocycles. The molecular formula is C17H27N2O+. The minimum absolute atomic E-state index is 0.771. The van der Waals surface area contributed by atoms with Gasteiger partial charge in [-0.25, -0.2) is 0 Å². The molecule has 110 valence electrons. The maximum absolute atomic E-state index is 11.0. The molecular weight excluding hydrogens is 248 g/mol. The molecule has 1 saturated heterocycles. The summed E-state index contributed by atoms with van der Waals surface area (Å²) in [5, 5.41) is 0. The van der Waals surface area contributed by atoms with Crippen LogP contribution < -0.4 is 9.80 Å². The van der Waals surface area contributed by atoms with Crippen molar-refractivity contribution < 1.29 is 9.69 Å². The molecule has 1 fully saturated rings. The van der Waals surface area contributed by atoms with Crippen LogP contribution >= 0.6 is 0 Å². The fraction of sp³-hybridized carbons (Fsp3) is 0.588. The zero-order valence-corrected chi connectivity index (χ0v) is 13.2. The third-order valence-electron chi connectivity index (χ3n) is 4.22. The predicted octanol–water partition coefficient (Wildman–Crippen LogP) is 1.48. The summed E-state index contributed by atoms with van der Waals surface area (Å²) < 4.78 is 0. The molecule has 1 aliphatic rings. The molecule has 1 aromatic carbocycles. The highest BCUT2D eigenvalue weighted by Gasteiger charge is 2.22. The number of aldehydes is 1. The monoisotopic (exact) mass is 275 g/mol. The summed E-state index contributed by atoms with van der Waals surface area (Å²) in [6.45, 7) is 14.7. The molecule has 3 nitrogen and oxygen atoms in total. The topological polar surface area (TPSA) is 24.8 Å². The van der Waals surface area contributed by atoms with Gasteiger partial charge in [0.25, 0.3) is 0 Å². The largest absolute Gasteiger partial charge is 0.360 e. The molecule has 20 heavy (non-hydrogen) atoms. The van der Waals surface area contributed by atoms with E-state index < -0.39 is 0 Å². The summed E-state index contributed by atoms with van der Waals surface area (Å²) in [4.78, 5) is 15.2. The molecule has 1 N–H and O–H groups in total. The molecule has 1 aliphatic heterocycles. The number of anilines is 1. The lowest BCUT2D eigenvalue weighted by Crippen LogP contribution is -3.15. The summed E-state index contributed by atoms with van der Waals surface area (Å²) in [6.07, 6.45) is 0.955. The first kappa shape index (κ1) is 15.0. The summed E-state index contributed by atoms with van der Waals surface area (Å²) >= 11 is 0. The van der Waals surface area contributed by atoms with Crippen LogP contribution in [0.4, 0.5) is 5.69 Å². The molecule has 0 unspecified atom stereocenters. The van der Waals surface area contributed by atoms with Crippen LogP contribution in [0.2, 0.25) is 0 Å². The van der Waals surface area contributed by atoms with Crippen molar-refractivity contribution in [3.63, 3.8) is 0 Å². The second kappa shape index (κ2) is 6.40. The Labute approximate surface area is 122 Å². The number of nitrogens with one attached hydrogen (secondary N) is 1. The highest BCUT2D eigenvalue weighted by molar-refractivity contribution is 5.79. The number of carbonyl (C=O) groups is 1. The molecule has 0 amide bonds. The van der Waals surface area contributed by atoms with Gasteiger partial charge in [0.05, 0.1) is 32.7 Å². The van der Waals surface area contributed by atoms with Crippen molar-refractivity contribution in [3.8, 4) is 0 Å². The molecule has 1 heterocycles. The van der Waals surface area contributed by atoms with E-state index in [0.717, 1.165) is 36.4 Å². The van der Waals surface area contributed by atoms with Gasteiger partial charge in [0.2, 0.25) is 0 Å². The summed E-state index contributed by atoms with van der Waals surface area (Å²) in [5.74, 6) is 0.771. The van der Waals surface area contributed by atoms with Crippen LogP contribution in [0.25, 0.3) is 0 Å². The van der Waals surface area contributed by atoms with Gasteiger partial charge in [0, 0.05) is 17.2 Å². The summed E-state index contributed by atoms with van der Waals surface area (Å²) in [5.41, 5.74) is 4.41. The number of nitrogens with zero attached hydrogens (tertiary/aromatic N) is 1. The third-order valence-corrected chi connectivity index (χ3v) is 4.22. The number of carbonyl (C=O) groups excluding carboxylic acids is 1. The number of benzene rings is 1. The van der Waals surface area contributed by atoms with Gasteiger partial charge in [0.1, 0.15) is 6.29 Å². The number of rotatable bonds is 4. The lowest BCUT2D eigenvalue weighted by molar-refractivity contribution is -0.903. The SMILES string of the molecule is Cc1cc(N2CC[NH+](CC(C)C)CC2)c(C)cc1C=O. The molecule has 0 saturated carbocycles. The number of hydrogen-bond donors (Lipinski definition) is 1. The predicted molar refractivity (Wildman–Crippen MR) is 83.9 cm³/mol. The van der Waals surface area contributed by atoms with E-state index in [0.29, 0.717) is 0 Å². The van der Waals surface area contributed by atoms with E-state index in [-0.39, 0.29) is 0 Å². The number of quaternary nitrogens is 1. The average Bonchev–Trinajstić information content (AvgIpc) is 2.41. The Bertz CT molecular complexity index is 474. The van der Waals surface area contributed by atoms with Crippen molar-refractivity contribution in [1.82, 2.24) is 0 Å². The van der Waals surface area contributed by atoms with Crippen molar-refractivity contribution in [1.29, 1.82) is 0 Å². The fourth-order valence-corrected chi connectivity index (χ4v) is 3.14. The Morgan fingerprint density at radius 2 is 1.85 bits per heavy atom. The van der Waals surface area contributed by atoms with Crippen LogP contribution in [-0.2, 0) is 0 Å². The van der Waals surface area contributed by atoms with Crippen molar-refractivity contribution >= 4 is 12.0 Å². The molecule has 0 bridgehead atoms. The Morgan fingerprint density at radius 1 is 1.20 bits per heavy atom. The zero-order valence-electron chi connectivity index (χ0n) is 13.2. The van der Waals surface area contributed by atoms with E-state index in [1.165, 1.54) is 30.9 Å². The van der Waals surface area contributed by atoms with Crippen LogP contribution in [0.3, 0.4) is 0 Å². The first-order valence-corrected chi connectivity index (χ1v) is 7.66. The normalized spacial score (nSPS) is 16.8. The maximum atomic E-state index is 11.0. The molecule has 0 aliphatic carbocycles. The third kappa shape index (κ3) is 3.40. The van der Waals surface area contributed by atoms with Gasteiger partial charge in [-0.15, -0.1) is 0 Å². The van der Waals surface area contributed by atoms with Crippen LogP contribution in [0.5, 0.6) is 0 Å². The Kier molecular flexibility index (Phi) is 4.81. The van der Waals surface area contributed by atoms with E-state index in [1.807, 2.05) is 13.0 Å². The highest BCUT2D eigenvalue weighted by Crippen LogP contribution is 2.23. The molecule has 3 heteroatoms. The standard InChI is InChI=1S/C17H26N2O/c1-13(2)11-18-5-7-19(8-6-18)17-10-14(3)16(12-20)9-15(17)4/h9-10,12-13H,5-8,11H2,1-4H3/p+1. The van der Waals surface area contributed by atoms with Gasteiger partial charge in [0.15, 0.2) is 0 Å². The molecule has 0 atom stereocenters. The lowest BCUT2D eigenvalue weighted by atomic mass is 10.0. The average molecular weight is 275 g/mol. The molecule has 1 aromatic rings. The van der Waals surface area contributed by atoms with Crippen molar-refractivity contribution in [2.75, 3.05) is 37.6 Å². The van der Waals surface area contributed by atoms with Crippen LogP contribution in [-0.4, -0.2) is 39.0 Å². The second-order valence-corrected chi connectivity index (χ2v) is 6.45. The number of aryl methyl sites for hydroxylation is 2. The molecule has 0 radical (unpaired) electrons. The fourth-order valence-electron chi connectivity index (χ4n) is 3.14. The minimum atomic E-state index is 0.771. The Morgan fingerprint density at radius 3 is 2.40 bits per heavy atom. The van der Waals surface area contributed by atoms with E-state index in [1.54, 1.807) is 4.90 Å². The van der Waals surface area contributed by atoms with Gasteiger partial charge < -0.3 is 9.80 Å². The van der Waals surface area contributed by atoms with Gasteiger partial charge >= 0.3 is 0 Å². The smallest absolute Gasteiger partial charge is 0.150 e.